The molecule has 5 heteroatoms. The zero-order valence-electron chi connectivity index (χ0n) is 14.4. The van der Waals surface area contributed by atoms with E-state index < -0.39 is 11.8 Å². The summed E-state index contributed by atoms with van der Waals surface area (Å²) in [7, 11) is 0. The Morgan fingerprint density at radius 2 is 1.96 bits per heavy atom. The van der Waals surface area contributed by atoms with Gasteiger partial charge in [0.05, 0.1) is 16.9 Å². The lowest BCUT2D eigenvalue weighted by molar-refractivity contribution is 0.0722. The van der Waals surface area contributed by atoms with Gasteiger partial charge in [-0.05, 0) is 50.1 Å². The van der Waals surface area contributed by atoms with Gasteiger partial charge in [-0.3, -0.25) is 0 Å². The molecule has 1 heterocycles. The molecule has 4 nitrogen and oxygen atoms in total. The van der Waals surface area contributed by atoms with Crippen LogP contribution in [0, 0.1) is 19.7 Å². The molecule has 128 valence electrons. The average Bonchev–Trinajstić information content (AvgIpc) is 2.97. The number of hydrogen-bond donors (Lipinski definition) is 0. The van der Waals surface area contributed by atoms with E-state index in [1.165, 1.54) is 18.2 Å². The second-order valence-corrected chi connectivity index (χ2v) is 5.93. The van der Waals surface area contributed by atoms with Crippen molar-refractivity contribution < 1.29 is 13.9 Å². The second-order valence-electron chi connectivity index (χ2n) is 5.93. The fraction of sp³-hybridized carbons (Fsp3) is 0.200. The summed E-state index contributed by atoms with van der Waals surface area (Å²) in [6.07, 6.45) is 0.711. The van der Waals surface area contributed by atoms with Crippen LogP contribution >= 0.6 is 0 Å². The Balaban J connectivity index is 1.99. The number of halogens is 1. The highest BCUT2D eigenvalue weighted by Gasteiger charge is 2.17. The van der Waals surface area contributed by atoms with Crippen LogP contribution in [0.2, 0.25) is 0 Å². The first-order valence-corrected chi connectivity index (χ1v) is 8.12. The lowest BCUT2D eigenvalue weighted by atomic mass is 10.1. The Labute approximate surface area is 145 Å². The number of nitrogens with zero attached hydrogens (tertiary/aromatic N) is 2. The normalized spacial score (nSPS) is 10.7. The molecule has 0 saturated heterocycles. The summed E-state index contributed by atoms with van der Waals surface area (Å²) in [5.74, 6) is -0.780. The van der Waals surface area contributed by atoms with Gasteiger partial charge in [0.15, 0.2) is 0 Å². The van der Waals surface area contributed by atoms with Crippen molar-refractivity contribution in [2.24, 2.45) is 0 Å². The third-order valence-electron chi connectivity index (χ3n) is 3.93. The molecule has 0 aliphatic rings. The van der Waals surface area contributed by atoms with E-state index >= 15 is 0 Å². The van der Waals surface area contributed by atoms with Crippen LogP contribution in [0.15, 0.2) is 48.5 Å². The molecule has 0 bridgehead atoms. The number of aryl methyl sites for hydroxylation is 3. The topological polar surface area (TPSA) is 44.1 Å². The number of carbonyl (C=O) groups excluding carboxylic acids is 1. The van der Waals surface area contributed by atoms with E-state index in [0.29, 0.717) is 12.3 Å². The first-order chi connectivity index (χ1) is 12.0. The minimum atomic E-state index is -0.618. The Morgan fingerprint density at radius 1 is 1.16 bits per heavy atom. The largest absolute Gasteiger partial charge is 0.404 e. The highest BCUT2D eigenvalue weighted by Crippen LogP contribution is 2.24. The Kier molecular flexibility index (Phi) is 4.65. The van der Waals surface area contributed by atoms with E-state index in [4.69, 9.17) is 4.74 Å². The SMILES string of the molecule is CCc1cc(OC(=O)c2cccc(F)c2)n(-c2ccc(C)cc2C)n1. The molecular formula is C20H19FN2O2. The van der Waals surface area contributed by atoms with Gasteiger partial charge in [0.2, 0.25) is 5.88 Å². The van der Waals surface area contributed by atoms with Crippen molar-refractivity contribution in [1.82, 2.24) is 9.78 Å². The summed E-state index contributed by atoms with van der Waals surface area (Å²) in [5.41, 5.74) is 3.97. The van der Waals surface area contributed by atoms with E-state index in [0.717, 1.165) is 28.6 Å². The molecule has 0 aliphatic carbocycles. The van der Waals surface area contributed by atoms with Crippen LogP contribution in [0.5, 0.6) is 5.88 Å². The fourth-order valence-corrected chi connectivity index (χ4v) is 2.64. The molecule has 1 aromatic heterocycles. The van der Waals surface area contributed by atoms with Gasteiger partial charge in [0.25, 0.3) is 0 Å². The molecular weight excluding hydrogens is 319 g/mol. The third-order valence-corrected chi connectivity index (χ3v) is 3.93. The van der Waals surface area contributed by atoms with Crippen molar-refractivity contribution in [3.05, 3.63) is 76.7 Å². The van der Waals surface area contributed by atoms with E-state index in [1.54, 1.807) is 10.7 Å². The molecule has 0 amide bonds. The van der Waals surface area contributed by atoms with Crippen LogP contribution < -0.4 is 4.74 Å². The number of hydrogen-bond acceptors (Lipinski definition) is 3. The quantitative estimate of drug-likeness (QED) is 0.662. The number of esters is 1. The first kappa shape index (κ1) is 16.9. The van der Waals surface area contributed by atoms with Crippen LogP contribution in [-0.2, 0) is 6.42 Å². The number of carbonyl (C=O) groups is 1. The van der Waals surface area contributed by atoms with E-state index in [9.17, 15) is 9.18 Å². The molecule has 0 spiro atoms. The number of ether oxygens (including phenoxy) is 1. The average molecular weight is 338 g/mol. The van der Waals surface area contributed by atoms with Crippen LogP contribution in [0.4, 0.5) is 4.39 Å². The number of benzene rings is 2. The van der Waals surface area contributed by atoms with Gasteiger partial charge < -0.3 is 4.74 Å². The van der Waals surface area contributed by atoms with Crippen molar-refractivity contribution in [2.45, 2.75) is 27.2 Å². The lowest BCUT2D eigenvalue weighted by Crippen LogP contribution is -2.12. The molecule has 0 radical (unpaired) electrons. The summed E-state index contributed by atoms with van der Waals surface area (Å²) in [6.45, 7) is 5.98. The molecule has 3 aromatic rings. The molecule has 0 fully saturated rings. The number of aromatic nitrogens is 2. The molecule has 3 rings (SSSR count). The van der Waals surface area contributed by atoms with E-state index in [1.807, 2.05) is 39.0 Å². The van der Waals surface area contributed by atoms with Gasteiger partial charge in [-0.2, -0.15) is 5.10 Å². The van der Waals surface area contributed by atoms with Gasteiger partial charge in [-0.25, -0.2) is 13.9 Å². The molecule has 2 aromatic carbocycles. The highest BCUT2D eigenvalue weighted by atomic mass is 19.1. The Hall–Kier alpha value is -2.95. The molecule has 25 heavy (non-hydrogen) atoms. The maximum atomic E-state index is 13.3. The van der Waals surface area contributed by atoms with E-state index in [-0.39, 0.29) is 5.56 Å². The van der Waals surface area contributed by atoms with Crippen LogP contribution in [0.25, 0.3) is 5.69 Å². The van der Waals surface area contributed by atoms with Gasteiger partial charge in [0.1, 0.15) is 5.82 Å². The fourth-order valence-electron chi connectivity index (χ4n) is 2.64. The molecule has 0 N–H and O–H groups in total. The predicted octanol–water partition coefficient (Wildman–Crippen LogP) is 4.41. The van der Waals surface area contributed by atoms with Crippen molar-refractivity contribution >= 4 is 5.97 Å². The zero-order valence-corrected chi connectivity index (χ0v) is 14.4. The van der Waals surface area contributed by atoms with Crippen LogP contribution in [-0.4, -0.2) is 15.7 Å². The predicted molar refractivity (Wildman–Crippen MR) is 93.8 cm³/mol. The maximum absolute atomic E-state index is 13.3. The monoisotopic (exact) mass is 338 g/mol. The van der Waals surface area contributed by atoms with Gasteiger partial charge >= 0.3 is 5.97 Å². The van der Waals surface area contributed by atoms with Crippen molar-refractivity contribution in [2.75, 3.05) is 0 Å². The molecule has 0 unspecified atom stereocenters. The van der Waals surface area contributed by atoms with E-state index in [2.05, 4.69) is 5.10 Å². The molecule has 0 atom stereocenters. The van der Waals surface area contributed by atoms with Crippen molar-refractivity contribution in [1.29, 1.82) is 0 Å². The highest BCUT2D eigenvalue weighted by molar-refractivity contribution is 5.90. The minimum absolute atomic E-state index is 0.159. The van der Waals surface area contributed by atoms with Gasteiger partial charge in [-0.15, -0.1) is 0 Å². The maximum Gasteiger partial charge on any atom is 0.344 e. The lowest BCUT2D eigenvalue weighted by Gasteiger charge is -2.11. The van der Waals surface area contributed by atoms with Crippen molar-refractivity contribution in [3.63, 3.8) is 0 Å². The molecule has 0 saturated carbocycles. The van der Waals surface area contributed by atoms with Gasteiger partial charge in [-0.1, -0.05) is 30.7 Å². The van der Waals surface area contributed by atoms with Crippen molar-refractivity contribution in [3.8, 4) is 11.6 Å². The first-order valence-electron chi connectivity index (χ1n) is 8.12. The smallest absolute Gasteiger partial charge is 0.344 e. The summed E-state index contributed by atoms with van der Waals surface area (Å²) in [4.78, 5) is 12.4. The third kappa shape index (κ3) is 3.60. The van der Waals surface area contributed by atoms with Crippen LogP contribution in [0.1, 0.15) is 34.1 Å². The zero-order chi connectivity index (χ0) is 18.0. The summed E-state index contributed by atoms with van der Waals surface area (Å²) in [6, 6.07) is 13.1. The van der Waals surface area contributed by atoms with Gasteiger partial charge in [0, 0.05) is 6.07 Å². The Morgan fingerprint density at radius 3 is 2.64 bits per heavy atom. The molecule has 0 aliphatic heterocycles. The standard InChI is InChI=1S/C20H19FN2O2/c1-4-17-12-19(25-20(24)15-6-5-7-16(21)11-15)23(22-17)18-9-8-13(2)10-14(18)3/h5-12H,4H2,1-3H3. The summed E-state index contributed by atoms with van der Waals surface area (Å²) in [5, 5.41) is 4.52. The number of rotatable bonds is 4. The van der Waals surface area contributed by atoms with Crippen LogP contribution in [0.3, 0.4) is 0 Å². The Bertz CT molecular complexity index is 931. The second kappa shape index (κ2) is 6.89. The summed E-state index contributed by atoms with van der Waals surface area (Å²) >= 11 is 0. The minimum Gasteiger partial charge on any atom is -0.404 e. The summed E-state index contributed by atoms with van der Waals surface area (Å²) < 4.78 is 20.5.